The number of aliphatic hydroxyl groups excluding tert-OH is 2. The number of hydrogen-bond acceptors (Lipinski definition) is 3. The highest BCUT2D eigenvalue weighted by Gasteiger charge is 2.43. The van der Waals surface area contributed by atoms with Crippen molar-refractivity contribution in [3.63, 3.8) is 0 Å². The van der Waals surface area contributed by atoms with E-state index in [9.17, 15) is 10.2 Å². The van der Waals surface area contributed by atoms with E-state index in [2.05, 4.69) is 24.0 Å². The summed E-state index contributed by atoms with van der Waals surface area (Å²) >= 11 is 0. The lowest BCUT2D eigenvalue weighted by Crippen LogP contribution is -2.39. The lowest BCUT2D eigenvalue weighted by atomic mass is 9.64. The van der Waals surface area contributed by atoms with Gasteiger partial charge in [-0.05, 0) is 50.3 Å². The highest BCUT2D eigenvalue weighted by Crippen LogP contribution is 2.49. The first kappa shape index (κ1) is 13.9. The number of rotatable bonds is 4. The van der Waals surface area contributed by atoms with Gasteiger partial charge in [-0.25, -0.2) is 0 Å². The maximum Gasteiger partial charge on any atom is 0.0868 e. The van der Waals surface area contributed by atoms with Gasteiger partial charge in [-0.1, -0.05) is 18.6 Å². The fourth-order valence-corrected chi connectivity index (χ4v) is 3.67. The fourth-order valence-electron chi connectivity index (χ4n) is 3.67. The minimum atomic E-state index is -0.536. The molecule has 0 amide bonds. The monoisotopic (exact) mass is 275 g/mol. The van der Waals surface area contributed by atoms with Gasteiger partial charge in [0.15, 0.2) is 0 Å². The number of nitrogens with zero attached hydrogens (tertiary/aromatic N) is 1. The quantitative estimate of drug-likeness (QED) is 0.888. The summed E-state index contributed by atoms with van der Waals surface area (Å²) in [7, 11) is 0. The maximum atomic E-state index is 10.5. The summed E-state index contributed by atoms with van der Waals surface area (Å²) in [4.78, 5) is 2.43. The third kappa shape index (κ3) is 2.23. The maximum absolute atomic E-state index is 10.5. The average molecular weight is 275 g/mol. The number of anilines is 1. The second-order valence-corrected chi connectivity index (χ2v) is 6.55. The summed E-state index contributed by atoms with van der Waals surface area (Å²) in [5.74, 6) is 0. The summed E-state index contributed by atoms with van der Waals surface area (Å²) in [5, 5.41) is 20.1. The average Bonchev–Trinajstić information content (AvgIpc) is 2.84. The van der Waals surface area contributed by atoms with Crippen LogP contribution in [0.5, 0.6) is 0 Å². The molecular weight excluding hydrogens is 250 g/mol. The number of aliphatic hydroxyl groups is 2. The van der Waals surface area contributed by atoms with Crippen LogP contribution >= 0.6 is 0 Å². The Bertz CT molecular complexity index is 447. The minimum Gasteiger partial charge on any atom is -0.396 e. The van der Waals surface area contributed by atoms with E-state index in [-0.39, 0.29) is 12.0 Å². The summed E-state index contributed by atoms with van der Waals surface area (Å²) in [6, 6.07) is 8.90. The third-order valence-corrected chi connectivity index (χ3v) is 5.34. The molecule has 1 heterocycles. The van der Waals surface area contributed by atoms with Crippen molar-refractivity contribution >= 4 is 5.69 Å². The standard InChI is InChI=1S/C17H25NO2/c1-13-4-2-11-18(13)15-7-5-14(6-8-15)16(20)17(12-19)9-3-10-17/h5-8,13,16,19-20H,2-4,9-12H2,1H3. The summed E-state index contributed by atoms with van der Waals surface area (Å²) in [5.41, 5.74) is 1.90. The Kier molecular flexibility index (Phi) is 3.74. The normalized spacial score (nSPS) is 26.4. The van der Waals surface area contributed by atoms with Crippen molar-refractivity contribution in [2.75, 3.05) is 18.1 Å². The van der Waals surface area contributed by atoms with Crippen LogP contribution in [0.25, 0.3) is 0 Å². The van der Waals surface area contributed by atoms with Crippen LogP contribution in [0.2, 0.25) is 0 Å². The van der Waals surface area contributed by atoms with Crippen molar-refractivity contribution in [1.82, 2.24) is 0 Å². The van der Waals surface area contributed by atoms with Crippen LogP contribution in [0.4, 0.5) is 5.69 Å². The van der Waals surface area contributed by atoms with Gasteiger partial charge < -0.3 is 15.1 Å². The van der Waals surface area contributed by atoms with E-state index in [1.807, 2.05) is 12.1 Å². The predicted octanol–water partition coefficient (Wildman–Crippen LogP) is 2.87. The van der Waals surface area contributed by atoms with E-state index in [0.29, 0.717) is 6.04 Å². The van der Waals surface area contributed by atoms with Crippen LogP contribution in [0.3, 0.4) is 0 Å². The largest absolute Gasteiger partial charge is 0.396 e. The zero-order valence-corrected chi connectivity index (χ0v) is 12.3. The van der Waals surface area contributed by atoms with Crippen LogP contribution in [-0.2, 0) is 0 Å². The van der Waals surface area contributed by atoms with E-state index in [1.165, 1.54) is 18.5 Å². The summed E-state index contributed by atoms with van der Waals surface area (Å²) in [6.07, 6.45) is 4.95. The Morgan fingerprint density at radius 1 is 1.25 bits per heavy atom. The van der Waals surface area contributed by atoms with Crippen LogP contribution in [0, 0.1) is 5.41 Å². The molecule has 2 unspecified atom stereocenters. The van der Waals surface area contributed by atoms with Crippen molar-refractivity contribution in [3.8, 4) is 0 Å². The van der Waals surface area contributed by atoms with Gasteiger partial charge in [-0.2, -0.15) is 0 Å². The highest BCUT2D eigenvalue weighted by atomic mass is 16.3. The summed E-state index contributed by atoms with van der Waals surface area (Å²) < 4.78 is 0. The van der Waals surface area contributed by atoms with Gasteiger partial charge in [0.1, 0.15) is 0 Å². The molecule has 2 fully saturated rings. The zero-order valence-electron chi connectivity index (χ0n) is 12.3. The molecule has 2 aliphatic rings. The lowest BCUT2D eigenvalue weighted by molar-refractivity contribution is -0.0734. The molecule has 3 nitrogen and oxygen atoms in total. The van der Waals surface area contributed by atoms with E-state index in [4.69, 9.17) is 0 Å². The molecule has 1 saturated heterocycles. The minimum absolute atomic E-state index is 0.0824. The van der Waals surface area contributed by atoms with Crippen molar-refractivity contribution in [3.05, 3.63) is 29.8 Å². The predicted molar refractivity (Wildman–Crippen MR) is 80.8 cm³/mol. The van der Waals surface area contributed by atoms with Gasteiger partial charge >= 0.3 is 0 Å². The van der Waals surface area contributed by atoms with Gasteiger partial charge in [0.2, 0.25) is 0 Å². The molecule has 3 rings (SSSR count). The van der Waals surface area contributed by atoms with Crippen molar-refractivity contribution in [2.24, 2.45) is 5.41 Å². The molecule has 1 aromatic carbocycles. The molecule has 1 aliphatic carbocycles. The van der Waals surface area contributed by atoms with Crippen molar-refractivity contribution in [2.45, 2.75) is 51.2 Å². The molecule has 2 atom stereocenters. The Morgan fingerprint density at radius 2 is 1.95 bits per heavy atom. The lowest BCUT2D eigenvalue weighted by Gasteiger charge is -2.44. The molecule has 0 spiro atoms. The fraction of sp³-hybridized carbons (Fsp3) is 0.647. The SMILES string of the molecule is CC1CCCN1c1ccc(C(O)C2(CO)CCC2)cc1. The molecule has 0 radical (unpaired) electrons. The van der Waals surface area contributed by atoms with Gasteiger partial charge in [-0.15, -0.1) is 0 Å². The van der Waals surface area contributed by atoms with E-state index in [0.717, 1.165) is 31.4 Å². The molecule has 1 saturated carbocycles. The van der Waals surface area contributed by atoms with Gasteiger partial charge in [0.25, 0.3) is 0 Å². The Morgan fingerprint density at radius 3 is 2.40 bits per heavy atom. The van der Waals surface area contributed by atoms with Crippen LogP contribution < -0.4 is 4.90 Å². The number of benzene rings is 1. The van der Waals surface area contributed by atoms with Gasteiger partial charge in [0, 0.05) is 23.7 Å². The molecule has 20 heavy (non-hydrogen) atoms. The van der Waals surface area contributed by atoms with Crippen molar-refractivity contribution in [1.29, 1.82) is 0 Å². The third-order valence-electron chi connectivity index (χ3n) is 5.34. The Balaban J connectivity index is 1.76. The van der Waals surface area contributed by atoms with Crippen molar-refractivity contribution < 1.29 is 10.2 Å². The van der Waals surface area contributed by atoms with E-state index < -0.39 is 6.10 Å². The molecule has 0 aromatic heterocycles. The van der Waals surface area contributed by atoms with E-state index >= 15 is 0 Å². The molecular formula is C17H25NO2. The Hall–Kier alpha value is -1.06. The molecule has 2 N–H and O–H groups in total. The van der Waals surface area contributed by atoms with Crippen LogP contribution in [0.1, 0.15) is 50.7 Å². The second kappa shape index (κ2) is 5.38. The molecule has 110 valence electrons. The molecule has 0 bridgehead atoms. The first-order valence-electron chi connectivity index (χ1n) is 7.82. The zero-order chi connectivity index (χ0) is 14.2. The first-order valence-corrected chi connectivity index (χ1v) is 7.82. The van der Waals surface area contributed by atoms with Gasteiger partial charge in [-0.3, -0.25) is 0 Å². The van der Waals surface area contributed by atoms with Gasteiger partial charge in [0.05, 0.1) is 12.7 Å². The second-order valence-electron chi connectivity index (χ2n) is 6.55. The first-order chi connectivity index (χ1) is 9.66. The molecule has 1 aromatic rings. The summed E-state index contributed by atoms with van der Waals surface area (Å²) in [6.45, 7) is 3.48. The van der Waals surface area contributed by atoms with Crippen LogP contribution in [-0.4, -0.2) is 29.4 Å². The smallest absolute Gasteiger partial charge is 0.0868 e. The molecule has 1 aliphatic heterocycles. The Labute approximate surface area is 121 Å². The number of hydrogen-bond donors (Lipinski definition) is 2. The topological polar surface area (TPSA) is 43.7 Å². The molecule has 3 heteroatoms. The van der Waals surface area contributed by atoms with E-state index in [1.54, 1.807) is 0 Å². The van der Waals surface area contributed by atoms with Crippen LogP contribution in [0.15, 0.2) is 24.3 Å². The highest BCUT2D eigenvalue weighted by molar-refractivity contribution is 5.49.